The molecule has 0 aliphatic rings. The van der Waals surface area contributed by atoms with E-state index in [9.17, 15) is 0 Å². The first-order valence-corrected chi connectivity index (χ1v) is 8.24. The number of likely N-dealkylation sites (N-methyl/N-ethyl adjacent to an activating group) is 1. The van der Waals surface area contributed by atoms with Crippen LogP contribution < -0.4 is 10.1 Å². The van der Waals surface area contributed by atoms with E-state index in [0.717, 1.165) is 45.1 Å². The Morgan fingerprint density at radius 2 is 1.86 bits per heavy atom. The van der Waals surface area contributed by atoms with E-state index in [4.69, 9.17) is 4.74 Å². The third-order valence-electron chi connectivity index (χ3n) is 3.91. The molecule has 3 heteroatoms. The molecule has 1 rings (SSSR count). The summed E-state index contributed by atoms with van der Waals surface area (Å²) in [5, 5.41) is 3.44. The van der Waals surface area contributed by atoms with Crippen molar-refractivity contribution in [3.05, 3.63) is 29.3 Å². The second-order valence-corrected chi connectivity index (χ2v) is 5.80. The van der Waals surface area contributed by atoms with Crippen LogP contribution in [0, 0.1) is 6.92 Å². The molecule has 3 nitrogen and oxygen atoms in total. The fraction of sp³-hybridized carbons (Fsp3) is 0.667. The standard InChI is InChI=1S/C18H32N2O/c1-6-20(7-2)12-10-19-11-13-21-18-14-17(15(3)4)9-8-16(18)5/h8-9,14-15,19H,6-7,10-13H2,1-5H3. The Labute approximate surface area is 130 Å². The lowest BCUT2D eigenvalue weighted by molar-refractivity contribution is 0.285. The highest BCUT2D eigenvalue weighted by molar-refractivity contribution is 5.37. The Morgan fingerprint density at radius 3 is 2.48 bits per heavy atom. The van der Waals surface area contributed by atoms with Gasteiger partial charge in [-0.05, 0) is 43.1 Å². The van der Waals surface area contributed by atoms with E-state index in [-0.39, 0.29) is 0 Å². The molecule has 0 radical (unpaired) electrons. The summed E-state index contributed by atoms with van der Waals surface area (Å²) < 4.78 is 5.91. The molecule has 0 unspecified atom stereocenters. The SMILES string of the molecule is CCN(CC)CCNCCOc1cc(C(C)C)ccc1C. The lowest BCUT2D eigenvalue weighted by atomic mass is 10.0. The number of hydrogen-bond acceptors (Lipinski definition) is 3. The van der Waals surface area contributed by atoms with Gasteiger partial charge in [-0.2, -0.15) is 0 Å². The Bertz CT molecular complexity index is 400. The lowest BCUT2D eigenvalue weighted by Crippen LogP contribution is -2.33. The molecule has 1 N–H and O–H groups in total. The van der Waals surface area contributed by atoms with Gasteiger partial charge in [-0.25, -0.2) is 0 Å². The fourth-order valence-electron chi connectivity index (χ4n) is 2.27. The van der Waals surface area contributed by atoms with Crippen molar-refractivity contribution in [1.29, 1.82) is 0 Å². The molecule has 0 aliphatic heterocycles. The van der Waals surface area contributed by atoms with Crippen LogP contribution in [0.3, 0.4) is 0 Å². The van der Waals surface area contributed by atoms with Crippen LogP contribution in [0.4, 0.5) is 0 Å². The van der Waals surface area contributed by atoms with Crippen molar-refractivity contribution in [1.82, 2.24) is 10.2 Å². The Kier molecular flexibility index (Phi) is 8.40. The topological polar surface area (TPSA) is 24.5 Å². The van der Waals surface area contributed by atoms with Gasteiger partial charge in [0.25, 0.3) is 0 Å². The number of nitrogens with one attached hydrogen (secondary N) is 1. The normalized spacial score (nSPS) is 11.4. The Balaban J connectivity index is 2.28. The average molecular weight is 292 g/mol. The molecule has 21 heavy (non-hydrogen) atoms. The van der Waals surface area contributed by atoms with E-state index in [1.54, 1.807) is 0 Å². The van der Waals surface area contributed by atoms with Gasteiger partial charge in [-0.3, -0.25) is 0 Å². The van der Waals surface area contributed by atoms with E-state index >= 15 is 0 Å². The summed E-state index contributed by atoms with van der Waals surface area (Å²) in [4.78, 5) is 2.42. The minimum atomic E-state index is 0.542. The van der Waals surface area contributed by atoms with Crippen molar-refractivity contribution >= 4 is 0 Å². The average Bonchev–Trinajstić information content (AvgIpc) is 2.48. The second-order valence-electron chi connectivity index (χ2n) is 5.80. The maximum absolute atomic E-state index is 5.91. The largest absolute Gasteiger partial charge is 0.492 e. The van der Waals surface area contributed by atoms with Gasteiger partial charge in [0.15, 0.2) is 0 Å². The lowest BCUT2D eigenvalue weighted by Gasteiger charge is -2.18. The first-order valence-electron chi connectivity index (χ1n) is 8.24. The summed E-state index contributed by atoms with van der Waals surface area (Å²) in [6, 6.07) is 6.52. The van der Waals surface area contributed by atoms with Crippen LogP contribution in [-0.4, -0.2) is 44.2 Å². The van der Waals surface area contributed by atoms with E-state index in [0.29, 0.717) is 5.92 Å². The molecule has 0 amide bonds. The third kappa shape index (κ3) is 6.49. The van der Waals surface area contributed by atoms with Crippen molar-refractivity contribution in [3.63, 3.8) is 0 Å². The third-order valence-corrected chi connectivity index (χ3v) is 3.91. The van der Waals surface area contributed by atoms with E-state index in [1.165, 1.54) is 11.1 Å². The van der Waals surface area contributed by atoms with Crippen LogP contribution in [0.25, 0.3) is 0 Å². The quantitative estimate of drug-likeness (QED) is 0.669. The summed E-state index contributed by atoms with van der Waals surface area (Å²) in [5.41, 5.74) is 2.55. The first kappa shape index (κ1) is 18.0. The van der Waals surface area contributed by atoms with E-state index in [1.807, 2.05) is 0 Å². The van der Waals surface area contributed by atoms with Crippen LogP contribution in [0.5, 0.6) is 5.75 Å². The molecular formula is C18H32N2O. The van der Waals surface area contributed by atoms with Gasteiger partial charge in [-0.15, -0.1) is 0 Å². The Hall–Kier alpha value is -1.06. The number of ether oxygens (including phenoxy) is 1. The van der Waals surface area contributed by atoms with E-state index in [2.05, 4.69) is 63.0 Å². The maximum atomic E-state index is 5.91. The molecule has 0 heterocycles. The zero-order chi connectivity index (χ0) is 15.7. The minimum absolute atomic E-state index is 0.542. The number of nitrogens with zero attached hydrogens (tertiary/aromatic N) is 1. The van der Waals surface area contributed by atoms with Gasteiger partial charge in [-0.1, -0.05) is 39.8 Å². The number of aryl methyl sites for hydroxylation is 1. The van der Waals surface area contributed by atoms with Gasteiger partial charge >= 0.3 is 0 Å². The monoisotopic (exact) mass is 292 g/mol. The molecule has 1 aromatic carbocycles. The summed E-state index contributed by atoms with van der Waals surface area (Å²) in [6.07, 6.45) is 0. The van der Waals surface area contributed by atoms with Crippen LogP contribution in [0.15, 0.2) is 18.2 Å². The van der Waals surface area contributed by atoms with Gasteiger partial charge in [0, 0.05) is 19.6 Å². The fourth-order valence-corrected chi connectivity index (χ4v) is 2.27. The first-order chi connectivity index (χ1) is 10.1. The van der Waals surface area contributed by atoms with Gasteiger partial charge in [0.2, 0.25) is 0 Å². The molecule has 0 aliphatic carbocycles. The van der Waals surface area contributed by atoms with Crippen LogP contribution in [-0.2, 0) is 0 Å². The predicted molar refractivity (Wildman–Crippen MR) is 91.4 cm³/mol. The highest BCUT2D eigenvalue weighted by Crippen LogP contribution is 2.24. The molecule has 1 aromatic rings. The number of benzene rings is 1. The summed E-state index contributed by atoms with van der Waals surface area (Å²) >= 11 is 0. The molecule has 0 bridgehead atoms. The second kappa shape index (κ2) is 9.80. The van der Waals surface area contributed by atoms with Gasteiger partial charge in [0.1, 0.15) is 12.4 Å². The van der Waals surface area contributed by atoms with Crippen LogP contribution >= 0.6 is 0 Å². The summed E-state index contributed by atoms with van der Waals surface area (Å²) in [6.45, 7) is 16.9. The van der Waals surface area contributed by atoms with Crippen molar-refractivity contribution in [2.45, 2.75) is 40.5 Å². The van der Waals surface area contributed by atoms with Crippen LogP contribution in [0.2, 0.25) is 0 Å². The number of hydrogen-bond donors (Lipinski definition) is 1. The molecular weight excluding hydrogens is 260 g/mol. The molecule has 0 spiro atoms. The minimum Gasteiger partial charge on any atom is -0.492 e. The molecule has 120 valence electrons. The van der Waals surface area contributed by atoms with Crippen LogP contribution in [0.1, 0.15) is 44.7 Å². The summed E-state index contributed by atoms with van der Waals surface area (Å²) in [5.74, 6) is 1.56. The zero-order valence-corrected chi connectivity index (χ0v) is 14.4. The highest BCUT2D eigenvalue weighted by Gasteiger charge is 2.04. The molecule has 0 saturated heterocycles. The predicted octanol–water partition coefficient (Wildman–Crippen LogP) is 3.43. The van der Waals surface area contributed by atoms with E-state index < -0.39 is 0 Å². The number of rotatable bonds is 10. The molecule has 0 saturated carbocycles. The zero-order valence-electron chi connectivity index (χ0n) is 14.4. The Morgan fingerprint density at radius 1 is 1.14 bits per heavy atom. The highest BCUT2D eigenvalue weighted by atomic mass is 16.5. The van der Waals surface area contributed by atoms with Crippen molar-refractivity contribution in [3.8, 4) is 5.75 Å². The van der Waals surface area contributed by atoms with Crippen molar-refractivity contribution in [2.24, 2.45) is 0 Å². The van der Waals surface area contributed by atoms with Crippen molar-refractivity contribution < 1.29 is 4.74 Å². The van der Waals surface area contributed by atoms with Gasteiger partial charge < -0.3 is 15.0 Å². The molecule has 0 atom stereocenters. The summed E-state index contributed by atoms with van der Waals surface area (Å²) in [7, 11) is 0. The van der Waals surface area contributed by atoms with Gasteiger partial charge in [0.05, 0.1) is 0 Å². The smallest absolute Gasteiger partial charge is 0.122 e. The maximum Gasteiger partial charge on any atom is 0.122 e. The molecule has 0 fully saturated rings. The van der Waals surface area contributed by atoms with Crippen molar-refractivity contribution in [2.75, 3.05) is 39.3 Å². The molecule has 0 aromatic heterocycles.